The van der Waals surface area contributed by atoms with Gasteiger partial charge in [-0.25, -0.2) is 0 Å². The third-order valence-corrected chi connectivity index (χ3v) is 5.14. The Hall–Kier alpha value is -0.237. The molecule has 3 heteroatoms. The Morgan fingerprint density at radius 1 is 1.14 bits per heavy atom. The van der Waals surface area contributed by atoms with Crippen molar-refractivity contribution >= 4 is 0 Å². The summed E-state index contributed by atoms with van der Waals surface area (Å²) in [5.41, 5.74) is 0. The van der Waals surface area contributed by atoms with E-state index in [0.717, 1.165) is 25.7 Å². The average molecular weight is 370 g/mol. The summed E-state index contributed by atoms with van der Waals surface area (Å²) < 4.78 is 4.09. The molecule has 0 spiro atoms. The second-order valence-corrected chi connectivity index (χ2v) is 7.74. The first-order valence-corrected chi connectivity index (χ1v) is 11.2. The van der Waals surface area contributed by atoms with E-state index in [4.69, 9.17) is 0 Å². The summed E-state index contributed by atoms with van der Waals surface area (Å²) in [7, 11) is 0. The predicted octanol–water partition coefficient (Wildman–Crippen LogP) is 3.36. The van der Waals surface area contributed by atoms with Gasteiger partial charge in [0.05, 0.1) is 0 Å². The maximum absolute atomic E-state index is 10.2. The molecule has 0 saturated heterocycles. The Kier molecular flexibility index (Phi) is 19.5. The van der Waals surface area contributed by atoms with Crippen LogP contribution in [0.5, 0.6) is 0 Å². The molecule has 0 aliphatic heterocycles. The summed E-state index contributed by atoms with van der Waals surface area (Å²) in [6.07, 6.45) is 13.8. The quantitative estimate of drug-likeness (QED) is 0.646. The van der Waals surface area contributed by atoms with Crippen LogP contribution in [0.1, 0.15) is 46.0 Å². The molecule has 0 aromatic carbocycles. The summed E-state index contributed by atoms with van der Waals surface area (Å²) in [5, 5.41) is 20.5. The van der Waals surface area contributed by atoms with Crippen LogP contribution in [0, 0.1) is 0 Å². The normalized spacial score (nSPS) is 14.4. The van der Waals surface area contributed by atoms with Crippen LogP contribution in [0.2, 0.25) is 4.63 Å². The van der Waals surface area contributed by atoms with Crippen LogP contribution in [0.25, 0.3) is 0 Å². The van der Waals surface area contributed by atoms with E-state index >= 15 is 0 Å². The van der Waals surface area contributed by atoms with E-state index in [2.05, 4.69) is 36.0 Å². The van der Waals surface area contributed by atoms with E-state index in [9.17, 15) is 10.2 Å². The van der Waals surface area contributed by atoms with E-state index in [1.54, 1.807) is 29.3 Å². The van der Waals surface area contributed by atoms with Crippen LogP contribution >= 0.6 is 0 Å². The van der Waals surface area contributed by atoms with Crippen molar-refractivity contribution in [2.24, 2.45) is 0 Å². The first kappa shape index (κ1) is 23.0. The molecular formula is C18H30O2Zr. The maximum atomic E-state index is 10.2. The van der Waals surface area contributed by atoms with Gasteiger partial charge in [0, 0.05) is 0 Å². The third kappa shape index (κ3) is 22.2. The first-order chi connectivity index (χ1) is 9.97. The van der Waals surface area contributed by atoms with E-state index < -0.39 is 12.2 Å². The standard InChI is InChI=1S/2C6H11O.C5H5.CH3.Zr/c2*1-3-4-5-6(2)7;1-2-4-5-3-1;;/h2*3,6H,1,4-5H2,2H3;1-3H,4H2;1H3;/q2*-1;;;+2. The number of hydrogen-bond acceptors (Lipinski definition) is 2. The molecule has 0 aromatic rings. The molecule has 2 nitrogen and oxygen atoms in total. The van der Waals surface area contributed by atoms with Gasteiger partial charge in [-0.2, -0.15) is 0 Å². The van der Waals surface area contributed by atoms with Gasteiger partial charge in [0.25, 0.3) is 0 Å². The average Bonchev–Trinajstić information content (AvgIpc) is 2.97. The summed E-state index contributed by atoms with van der Waals surface area (Å²) in [4.78, 5) is 0. The zero-order chi connectivity index (χ0) is 16.5. The molecule has 2 atom stereocenters. The van der Waals surface area contributed by atoms with Gasteiger partial charge in [-0.15, -0.1) is 25.4 Å². The molecule has 0 bridgehead atoms. The molecule has 1 aliphatic rings. The van der Waals surface area contributed by atoms with Gasteiger partial charge >= 0.3 is 55.8 Å². The first-order valence-electron chi connectivity index (χ1n) is 7.54. The second kappa shape index (κ2) is 17.8. The fourth-order valence-corrected chi connectivity index (χ4v) is 2.78. The summed E-state index contributed by atoms with van der Waals surface area (Å²) in [6.45, 7) is 10.3. The van der Waals surface area contributed by atoms with Crippen molar-refractivity contribution in [1.29, 1.82) is 0 Å². The molecule has 21 heavy (non-hydrogen) atoms. The van der Waals surface area contributed by atoms with E-state index in [0.29, 0.717) is 0 Å². The van der Waals surface area contributed by atoms with Crippen molar-refractivity contribution in [3.8, 4) is 0 Å². The summed E-state index contributed by atoms with van der Waals surface area (Å²) in [6, 6.07) is 0. The molecule has 0 aromatic heterocycles. The monoisotopic (exact) mass is 368 g/mol. The molecule has 1 aliphatic carbocycles. The van der Waals surface area contributed by atoms with Crippen molar-refractivity contribution < 1.29 is 33.4 Å². The molecule has 0 N–H and O–H groups in total. The van der Waals surface area contributed by atoms with Crippen molar-refractivity contribution in [1.82, 2.24) is 0 Å². The van der Waals surface area contributed by atoms with Crippen LogP contribution < -0.4 is 10.2 Å². The molecule has 1 rings (SSSR count). The molecule has 0 fully saturated rings. The van der Waals surface area contributed by atoms with Crippen molar-refractivity contribution in [2.75, 3.05) is 0 Å². The van der Waals surface area contributed by atoms with Gasteiger partial charge in [-0.3, -0.25) is 0 Å². The topological polar surface area (TPSA) is 46.1 Å². The Balaban J connectivity index is 0. The van der Waals surface area contributed by atoms with Gasteiger partial charge in [0.1, 0.15) is 0 Å². The Morgan fingerprint density at radius 3 is 1.76 bits per heavy atom. The van der Waals surface area contributed by atoms with Crippen molar-refractivity contribution in [3.63, 3.8) is 0 Å². The minimum absolute atomic E-state index is 0.0408. The zero-order valence-electron chi connectivity index (χ0n) is 13.8. The Labute approximate surface area is 142 Å². The molecule has 2 unspecified atom stereocenters. The molecule has 0 heterocycles. The molecule has 0 radical (unpaired) electrons. The molecule has 118 valence electrons. The van der Waals surface area contributed by atoms with E-state index in [1.807, 2.05) is 0 Å². The van der Waals surface area contributed by atoms with Gasteiger partial charge in [-0.05, 0) is 12.8 Å². The van der Waals surface area contributed by atoms with Crippen molar-refractivity contribution in [2.45, 2.75) is 62.8 Å². The van der Waals surface area contributed by atoms with Gasteiger partial charge in [-0.1, -0.05) is 38.8 Å². The molecule has 0 saturated carbocycles. The fraction of sp³-hybridized carbons (Fsp3) is 0.556. The SMILES string of the molecule is C=CCCC(C)[O-].C=CCCC(C)[O-].[CH3][Zr+2][C]1=CC=CC1. The Morgan fingerprint density at radius 2 is 1.62 bits per heavy atom. The van der Waals surface area contributed by atoms with Crippen LogP contribution in [0.4, 0.5) is 0 Å². The second-order valence-electron chi connectivity index (χ2n) is 4.93. The van der Waals surface area contributed by atoms with E-state index in [1.165, 1.54) is 6.42 Å². The van der Waals surface area contributed by atoms with Gasteiger partial charge in [0.2, 0.25) is 0 Å². The zero-order valence-corrected chi connectivity index (χ0v) is 16.3. The number of hydrogen-bond donors (Lipinski definition) is 0. The van der Waals surface area contributed by atoms with Crippen LogP contribution in [-0.4, -0.2) is 12.2 Å². The van der Waals surface area contributed by atoms with E-state index in [-0.39, 0.29) is 23.2 Å². The fourth-order valence-electron chi connectivity index (χ4n) is 1.34. The van der Waals surface area contributed by atoms with Crippen LogP contribution in [0.15, 0.2) is 46.8 Å². The van der Waals surface area contributed by atoms with Gasteiger partial charge < -0.3 is 10.2 Å². The number of rotatable bonds is 7. The summed E-state index contributed by atoms with van der Waals surface area (Å²) >= 11 is -0.0408. The third-order valence-electron chi connectivity index (χ3n) is 2.65. The summed E-state index contributed by atoms with van der Waals surface area (Å²) in [5.74, 6) is 0. The molecular weight excluding hydrogens is 339 g/mol. The Bertz CT molecular complexity index is 288. The number of allylic oxidation sites excluding steroid dienone is 6. The van der Waals surface area contributed by atoms with Crippen LogP contribution in [-0.2, 0) is 23.2 Å². The predicted molar refractivity (Wildman–Crippen MR) is 85.5 cm³/mol. The van der Waals surface area contributed by atoms with Crippen molar-refractivity contribution in [3.05, 3.63) is 46.8 Å². The molecule has 0 amide bonds. The van der Waals surface area contributed by atoms with Gasteiger partial charge in [0.15, 0.2) is 0 Å². The minimum atomic E-state index is -0.419. The van der Waals surface area contributed by atoms with Crippen LogP contribution in [0.3, 0.4) is 0 Å².